The molecule has 0 spiro atoms. The van der Waals surface area contributed by atoms with Crippen LogP contribution >= 0.6 is 0 Å². The molecule has 6 atom stereocenters. The van der Waals surface area contributed by atoms with Crippen LogP contribution < -0.4 is 0 Å². The Kier molecular flexibility index (Phi) is 2.96. The first kappa shape index (κ1) is 14.0. The Morgan fingerprint density at radius 3 is 2.62 bits per heavy atom. The number of aliphatic hydroxyl groups excluding tert-OH is 1. The maximum atomic E-state index is 12.4. The molecule has 0 heterocycles. The number of allylic oxidation sites excluding steroid dienone is 1. The molecule has 0 aromatic heterocycles. The Morgan fingerprint density at radius 2 is 1.81 bits per heavy atom. The Labute approximate surface area is 128 Å². The van der Waals surface area contributed by atoms with E-state index in [0.29, 0.717) is 23.0 Å². The minimum absolute atomic E-state index is 0.0168. The Balaban J connectivity index is 1.69. The molecule has 21 heavy (non-hydrogen) atoms. The summed E-state index contributed by atoms with van der Waals surface area (Å²) in [6, 6.07) is 0. The number of hydrogen-bond donors (Lipinski definition) is 1. The molecule has 116 valence electrons. The summed E-state index contributed by atoms with van der Waals surface area (Å²) in [6.07, 6.45) is 10.7. The lowest BCUT2D eigenvalue weighted by Crippen LogP contribution is -2.50. The van der Waals surface area contributed by atoms with Gasteiger partial charge in [0.05, 0.1) is 6.10 Å². The fourth-order valence-electron chi connectivity index (χ4n) is 6.41. The molecule has 3 saturated carbocycles. The fourth-order valence-corrected chi connectivity index (χ4v) is 6.41. The van der Waals surface area contributed by atoms with Crippen molar-refractivity contribution in [3.63, 3.8) is 0 Å². The predicted octanol–water partition coefficient (Wildman–Crippen LogP) is 3.88. The standard InChI is InChI=1S/C19H28O2/c1-18-9-7-13(20)11-12(18)3-4-14-15-5-6-17(21)19(15,2)10-8-16(14)18/h3,13-16,20H,4-11H2,1-2H3/t13-,14-,15?,16-,18-,19-/m0/s1. The van der Waals surface area contributed by atoms with Crippen molar-refractivity contribution in [3.05, 3.63) is 11.6 Å². The van der Waals surface area contributed by atoms with Crippen molar-refractivity contribution in [3.8, 4) is 0 Å². The van der Waals surface area contributed by atoms with Gasteiger partial charge in [-0.1, -0.05) is 25.5 Å². The second kappa shape index (κ2) is 4.44. The molecule has 4 rings (SSSR count). The monoisotopic (exact) mass is 288 g/mol. The van der Waals surface area contributed by atoms with Gasteiger partial charge in [0, 0.05) is 11.8 Å². The number of fused-ring (bicyclic) bond motifs is 5. The molecule has 2 heteroatoms. The van der Waals surface area contributed by atoms with E-state index in [2.05, 4.69) is 19.9 Å². The molecule has 0 aliphatic heterocycles. The lowest BCUT2D eigenvalue weighted by molar-refractivity contribution is -0.132. The van der Waals surface area contributed by atoms with E-state index in [1.54, 1.807) is 0 Å². The number of hydrogen-bond acceptors (Lipinski definition) is 2. The Hall–Kier alpha value is -0.630. The summed E-state index contributed by atoms with van der Waals surface area (Å²) in [6.45, 7) is 4.69. The maximum absolute atomic E-state index is 12.4. The minimum Gasteiger partial charge on any atom is -0.393 e. The van der Waals surface area contributed by atoms with Gasteiger partial charge in [-0.05, 0) is 68.1 Å². The van der Waals surface area contributed by atoms with Gasteiger partial charge in [0.25, 0.3) is 0 Å². The first-order valence-electron chi connectivity index (χ1n) is 8.86. The van der Waals surface area contributed by atoms with Crippen molar-refractivity contribution in [2.75, 3.05) is 0 Å². The van der Waals surface area contributed by atoms with Crippen LogP contribution in [-0.2, 0) is 4.79 Å². The molecule has 1 N–H and O–H groups in total. The van der Waals surface area contributed by atoms with Crippen LogP contribution in [0, 0.1) is 28.6 Å². The lowest BCUT2D eigenvalue weighted by atomic mass is 9.48. The van der Waals surface area contributed by atoms with E-state index >= 15 is 0 Å². The zero-order valence-corrected chi connectivity index (χ0v) is 13.4. The van der Waals surface area contributed by atoms with Crippen LogP contribution in [0.25, 0.3) is 0 Å². The predicted molar refractivity (Wildman–Crippen MR) is 82.7 cm³/mol. The largest absolute Gasteiger partial charge is 0.393 e. The molecule has 1 unspecified atom stereocenters. The van der Waals surface area contributed by atoms with Crippen molar-refractivity contribution < 1.29 is 9.90 Å². The summed E-state index contributed by atoms with van der Waals surface area (Å²) in [7, 11) is 0. The quantitative estimate of drug-likeness (QED) is 0.687. The summed E-state index contributed by atoms with van der Waals surface area (Å²) >= 11 is 0. The number of rotatable bonds is 0. The molecular weight excluding hydrogens is 260 g/mol. The third kappa shape index (κ3) is 1.78. The second-order valence-electron chi connectivity index (χ2n) is 8.57. The molecule has 4 aliphatic rings. The number of carbonyl (C=O) groups excluding carboxylic acids is 1. The van der Waals surface area contributed by atoms with Crippen molar-refractivity contribution in [1.82, 2.24) is 0 Å². The molecular formula is C19H28O2. The van der Waals surface area contributed by atoms with Crippen LogP contribution in [0.5, 0.6) is 0 Å². The van der Waals surface area contributed by atoms with Crippen molar-refractivity contribution in [1.29, 1.82) is 0 Å². The number of aliphatic hydroxyl groups is 1. The number of Topliss-reactive ketones (excluding diaryl/α,β-unsaturated/α-hetero) is 1. The summed E-state index contributed by atoms with van der Waals surface area (Å²) in [5.41, 5.74) is 1.81. The van der Waals surface area contributed by atoms with Crippen LogP contribution in [0.15, 0.2) is 11.6 Å². The highest BCUT2D eigenvalue weighted by atomic mass is 16.3. The lowest BCUT2D eigenvalue weighted by Gasteiger charge is -2.56. The van der Waals surface area contributed by atoms with Crippen molar-refractivity contribution >= 4 is 5.78 Å². The molecule has 0 radical (unpaired) electrons. The summed E-state index contributed by atoms with van der Waals surface area (Å²) in [5.74, 6) is 2.60. The number of ketones is 1. The van der Waals surface area contributed by atoms with Crippen LogP contribution in [0.4, 0.5) is 0 Å². The molecule has 4 aliphatic carbocycles. The minimum atomic E-state index is -0.122. The van der Waals surface area contributed by atoms with E-state index < -0.39 is 0 Å². The van der Waals surface area contributed by atoms with E-state index in [1.807, 2.05) is 0 Å². The molecule has 0 aromatic carbocycles. The van der Waals surface area contributed by atoms with Crippen LogP contribution in [0.2, 0.25) is 0 Å². The molecule has 0 saturated heterocycles. The van der Waals surface area contributed by atoms with Gasteiger partial charge < -0.3 is 5.11 Å². The molecule has 2 nitrogen and oxygen atoms in total. The average molecular weight is 288 g/mol. The van der Waals surface area contributed by atoms with E-state index in [-0.39, 0.29) is 11.5 Å². The smallest absolute Gasteiger partial charge is 0.139 e. The summed E-state index contributed by atoms with van der Waals surface area (Å²) in [4.78, 5) is 12.4. The van der Waals surface area contributed by atoms with Gasteiger partial charge in [0.15, 0.2) is 0 Å². The highest BCUT2D eigenvalue weighted by Gasteiger charge is 2.58. The van der Waals surface area contributed by atoms with Crippen molar-refractivity contribution in [2.45, 2.75) is 71.3 Å². The topological polar surface area (TPSA) is 37.3 Å². The zero-order valence-electron chi connectivity index (χ0n) is 13.4. The zero-order chi connectivity index (χ0) is 14.8. The van der Waals surface area contributed by atoms with Gasteiger partial charge in [0.1, 0.15) is 5.78 Å². The molecule has 3 fully saturated rings. The van der Waals surface area contributed by atoms with Gasteiger partial charge in [-0.2, -0.15) is 0 Å². The summed E-state index contributed by atoms with van der Waals surface area (Å²) in [5, 5.41) is 10.00. The molecule has 0 aromatic rings. The molecule has 0 bridgehead atoms. The second-order valence-corrected chi connectivity index (χ2v) is 8.57. The van der Waals surface area contributed by atoms with Gasteiger partial charge >= 0.3 is 0 Å². The normalized spacial score (nSPS) is 52.7. The molecule has 0 amide bonds. The van der Waals surface area contributed by atoms with Gasteiger partial charge in [0.2, 0.25) is 0 Å². The highest BCUT2D eigenvalue weighted by Crippen LogP contribution is 2.63. The third-order valence-electron chi connectivity index (χ3n) is 7.79. The fraction of sp³-hybridized carbons (Fsp3) is 0.842. The maximum Gasteiger partial charge on any atom is 0.139 e. The Bertz CT molecular complexity index is 508. The van der Waals surface area contributed by atoms with E-state index in [4.69, 9.17) is 0 Å². The third-order valence-corrected chi connectivity index (χ3v) is 7.79. The average Bonchev–Trinajstić information content (AvgIpc) is 2.76. The number of carbonyl (C=O) groups is 1. The van der Waals surface area contributed by atoms with Crippen molar-refractivity contribution in [2.24, 2.45) is 28.6 Å². The van der Waals surface area contributed by atoms with Crippen LogP contribution in [0.3, 0.4) is 0 Å². The first-order valence-corrected chi connectivity index (χ1v) is 8.86. The first-order chi connectivity index (χ1) is 9.95. The highest BCUT2D eigenvalue weighted by molar-refractivity contribution is 5.87. The van der Waals surface area contributed by atoms with E-state index in [1.165, 1.54) is 12.0 Å². The van der Waals surface area contributed by atoms with Gasteiger partial charge in [-0.15, -0.1) is 0 Å². The van der Waals surface area contributed by atoms with Gasteiger partial charge in [-0.25, -0.2) is 0 Å². The van der Waals surface area contributed by atoms with E-state index in [0.717, 1.165) is 50.9 Å². The van der Waals surface area contributed by atoms with Crippen LogP contribution in [0.1, 0.15) is 65.2 Å². The SMILES string of the molecule is C[C@]12CC[C@H](O)CC1=CC[C@H]1C3CCC(=O)[C@@]3(C)CC[C@@H]12. The Morgan fingerprint density at radius 1 is 1.10 bits per heavy atom. The van der Waals surface area contributed by atoms with Gasteiger partial charge in [-0.3, -0.25) is 4.79 Å². The van der Waals surface area contributed by atoms with E-state index in [9.17, 15) is 9.90 Å². The summed E-state index contributed by atoms with van der Waals surface area (Å²) < 4.78 is 0. The van der Waals surface area contributed by atoms with Crippen LogP contribution in [-0.4, -0.2) is 17.0 Å².